The molecule has 0 radical (unpaired) electrons. The molecule has 1 N–H and O–H groups in total. The normalized spacial score (nSPS) is 11.1. The van der Waals surface area contributed by atoms with Crippen LogP contribution in [0.4, 0.5) is 18.9 Å². The van der Waals surface area contributed by atoms with Crippen LogP contribution in [0, 0.1) is 10.1 Å². The van der Waals surface area contributed by atoms with Gasteiger partial charge in [-0.3, -0.25) is 24.7 Å². The van der Waals surface area contributed by atoms with E-state index in [-0.39, 0.29) is 6.07 Å². The number of nitro groups is 1. The molecule has 1 heterocycles. The highest BCUT2D eigenvalue weighted by Gasteiger charge is 2.33. The molecule has 0 aliphatic rings. The standard InChI is InChI=1S/C7H2ClF3N2O5/c8-5(14)4-2(13(16)17)1-3(12-6(4)15)18-7(9,10)11/h1H,(H,12,15). The van der Waals surface area contributed by atoms with Crippen molar-refractivity contribution < 1.29 is 27.6 Å². The van der Waals surface area contributed by atoms with Crippen LogP contribution in [0.1, 0.15) is 10.4 Å². The summed E-state index contributed by atoms with van der Waals surface area (Å²) >= 11 is 4.92. The molecule has 0 fully saturated rings. The van der Waals surface area contributed by atoms with Crippen molar-refractivity contribution >= 4 is 22.5 Å². The summed E-state index contributed by atoms with van der Waals surface area (Å²) in [6.45, 7) is 0. The number of ether oxygens (including phenoxy) is 1. The van der Waals surface area contributed by atoms with Crippen LogP contribution in [0.3, 0.4) is 0 Å². The summed E-state index contributed by atoms with van der Waals surface area (Å²) in [6.07, 6.45) is -5.15. The van der Waals surface area contributed by atoms with Crippen LogP contribution in [-0.4, -0.2) is 21.5 Å². The Kier molecular flexibility index (Phi) is 3.60. The predicted molar refractivity (Wildman–Crippen MR) is 50.6 cm³/mol. The zero-order chi connectivity index (χ0) is 14.1. The molecule has 0 spiro atoms. The maximum absolute atomic E-state index is 11.9. The number of aromatic nitrogens is 1. The van der Waals surface area contributed by atoms with E-state index in [1.807, 2.05) is 0 Å². The first-order chi connectivity index (χ1) is 8.11. The maximum atomic E-state index is 11.9. The molecule has 0 saturated carbocycles. The largest absolute Gasteiger partial charge is 0.574 e. The van der Waals surface area contributed by atoms with Crippen molar-refractivity contribution in [2.75, 3.05) is 0 Å². The smallest absolute Gasteiger partial charge is 0.390 e. The third-order valence-corrected chi connectivity index (χ3v) is 1.80. The van der Waals surface area contributed by atoms with Crippen molar-refractivity contribution in [3.05, 3.63) is 32.1 Å². The molecule has 0 amide bonds. The third-order valence-electron chi connectivity index (χ3n) is 1.61. The Morgan fingerprint density at radius 3 is 2.44 bits per heavy atom. The molecular formula is C7H2ClF3N2O5. The van der Waals surface area contributed by atoms with E-state index in [1.165, 1.54) is 4.98 Å². The summed E-state index contributed by atoms with van der Waals surface area (Å²) in [5.74, 6) is -1.22. The molecule has 7 nitrogen and oxygen atoms in total. The molecule has 0 atom stereocenters. The average Bonchev–Trinajstić information content (AvgIpc) is 2.12. The first kappa shape index (κ1) is 14.0. The van der Waals surface area contributed by atoms with Gasteiger partial charge in [-0.1, -0.05) is 0 Å². The van der Waals surface area contributed by atoms with Gasteiger partial charge in [-0.05, 0) is 11.6 Å². The van der Waals surface area contributed by atoms with Crippen LogP contribution in [0.15, 0.2) is 10.9 Å². The number of alkyl halides is 3. The molecule has 1 aromatic heterocycles. The summed E-state index contributed by atoms with van der Waals surface area (Å²) in [5.41, 5.74) is -3.71. The number of H-pyrrole nitrogens is 1. The minimum atomic E-state index is -5.15. The van der Waals surface area contributed by atoms with Crippen LogP contribution >= 0.6 is 11.6 Å². The van der Waals surface area contributed by atoms with Crippen molar-refractivity contribution in [3.8, 4) is 5.88 Å². The Balaban J connectivity index is 3.42. The quantitative estimate of drug-likeness (QED) is 0.516. The van der Waals surface area contributed by atoms with E-state index in [0.29, 0.717) is 0 Å². The zero-order valence-corrected chi connectivity index (χ0v) is 8.83. The van der Waals surface area contributed by atoms with Gasteiger partial charge in [0.05, 0.1) is 11.0 Å². The summed E-state index contributed by atoms with van der Waals surface area (Å²) in [6, 6.07) is 0.241. The van der Waals surface area contributed by atoms with E-state index in [4.69, 9.17) is 11.6 Å². The lowest BCUT2D eigenvalue weighted by Gasteiger charge is -2.08. The molecule has 1 aromatic rings. The lowest BCUT2D eigenvalue weighted by atomic mass is 10.2. The minimum Gasteiger partial charge on any atom is -0.390 e. The van der Waals surface area contributed by atoms with Crippen LogP contribution in [0.25, 0.3) is 0 Å². The number of carbonyl (C=O) groups excluding carboxylic acids is 1. The zero-order valence-electron chi connectivity index (χ0n) is 8.08. The van der Waals surface area contributed by atoms with Gasteiger partial charge in [0, 0.05) is 0 Å². The number of nitrogens with one attached hydrogen (secondary N) is 1. The number of hydrogen-bond acceptors (Lipinski definition) is 5. The molecule has 0 unspecified atom stereocenters. The van der Waals surface area contributed by atoms with Crippen LogP contribution in [0.5, 0.6) is 5.88 Å². The topological polar surface area (TPSA) is 102 Å². The van der Waals surface area contributed by atoms with E-state index in [9.17, 15) is 32.9 Å². The second kappa shape index (κ2) is 4.64. The SMILES string of the molecule is O=C(Cl)c1c([N+](=O)[O-])cc(OC(F)(F)F)[nH]c1=O. The number of aromatic amines is 1. The number of rotatable bonds is 3. The van der Waals surface area contributed by atoms with Crippen LogP contribution < -0.4 is 10.3 Å². The minimum absolute atomic E-state index is 0.241. The second-order valence-corrected chi connectivity index (χ2v) is 3.14. The van der Waals surface area contributed by atoms with Crippen molar-refractivity contribution in [3.63, 3.8) is 0 Å². The van der Waals surface area contributed by atoms with Gasteiger partial charge in [-0.15, -0.1) is 13.2 Å². The molecule has 0 saturated heterocycles. The summed E-state index contributed by atoms with van der Waals surface area (Å²) in [7, 11) is 0. The van der Waals surface area contributed by atoms with Gasteiger partial charge in [0.2, 0.25) is 5.88 Å². The molecule has 0 aliphatic carbocycles. The molecule has 98 valence electrons. The van der Waals surface area contributed by atoms with Gasteiger partial charge < -0.3 is 4.74 Å². The highest BCUT2D eigenvalue weighted by molar-refractivity contribution is 6.68. The second-order valence-electron chi connectivity index (χ2n) is 2.80. The van der Waals surface area contributed by atoms with Crippen molar-refractivity contribution in [1.29, 1.82) is 0 Å². The molecule has 0 bridgehead atoms. The highest BCUT2D eigenvalue weighted by atomic mass is 35.5. The number of halogens is 4. The fourth-order valence-corrected chi connectivity index (χ4v) is 1.22. The van der Waals surface area contributed by atoms with Crippen LogP contribution in [0.2, 0.25) is 0 Å². The maximum Gasteiger partial charge on any atom is 0.574 e. The molecule has 1 rings (SSSR count). The monoisotopic (exact) mass is 286 g/mol. The Morgan fingerprint density at radius 1 is 1.50 bits per heavy atom. The van der Waals surface area contributed by atoms with Gasteiger partial charge >= 0.3 is 6.36 Å². The van der Waals surface area contributed by atoms with E-state index in [1.54, 1.807) is 0 Å². The highest BCUT2D eigenvalue weighted by Crippen LogP contribution is 2.25. The Bertz CT molecular complexity index is 567. The molecular weight excluding hydrogens is 285 g/mol. The van der Waals surface area contributed by atoms with Gasteiger partial charge in [-0.2, -0.15) is 0 Å². The Labute approximate surface area is 100 Å². The number of nitrogens with zero attached hydrogens (tertiary/aromatic N) is 1. The molecule has 18 heavy (non-hydrogen) atoms. The van der Waals surface area contributed by atoms with E-state index in [0.717, 1.165) is 0 Å². The third kappa shape index (κ3) is 3.20. The van der Waals surface area contributed by atoms with E-state index >= 15 is 0 Å². The summed E-state index contributed by atoms with van der Waals surface area (Å²) < 4.78 is 38.9. The lowest BCUT2D eigenvalue weighted by Crippen LogP contribution is -2.23. The average molecular weight is 287 g/mol. The summed E-state index contributed by atoms with van der Waals surface area (Å²) in [4.78, 5) is 32.7. The first-order valence-corrected chi connectivity index (χ1v) is 4.37. The number of hydrogen-bond donors (Lipinski definition) is 1. The van der Waals surface area contributed by atoms with Gasteiger partial charge in [0.15, 0.2) is 5.56 Å². The van der Waals surface area contributed by atoms with Crippen molar-refractivity contribution in [1.82, 2.24) is 4.98 Å². The van der Waals surface area contributed by atoms with E-state index in [2.05, 4.69) is 4.74 Å². The molecule has 11 heteroatoms. The fourth-order valence-electron chi connectivity index (χ4n) is 1.04. The van der Waals surface area contributed by atoms with Crippen LogP contribution in [-0.2, 0) is 0 Å². The number of carbonyl (C=O) groups is 1. The Morgan fingerprint density at radius 2 is 2.06 bits per heavy atom. The molecule has 0 aromatic carbocycles. The van der Waals surface area contributed by atoms with Crippen molar-refractivity contribution in [2.24, 2.45) is 0 Å². The van der Waals surface area contributed by atoms with Gasteiger partial charge in [0.25, 0.3) is 16.5 Å². The summed E-state index contributed by atoms with van der Waals surface area (Å²) in [5, 5.41) is 9.03. The van der Waals surface area contributed by atoms with E-state index < -0.39 is 39.2 Å². The van der Waals surface area contributed by atoms with Gasteiger partial charge in [0.1, 0.15) is 0 Å². The van der Waals surface area contributed by atoms with Crippen molar-refractivity contribution in [2.45, 2.75) is 6.36 Å². The van der Waals surface area contributed by atoms with Gasteiger partial charge in [-0.25, -0.2) is 0 Å². The first-order valence-electron chi connectivity index (χ1n) is 3.99. The number of pyridine rings is 1. The Hall–Kier alpha value is -2.10. The fraction of sp³-hybridized carbons (Fsp3) is 0.143. The lowest BCUT2D eigenvalue weighted by molar-refractivity contribution is -0.385. The predicted octanol–water partition coefficient (Wildman–Crippen LogP) is 1.56. The molecule has 0 aliphatic heterocycles.